The van der Waals surface area contributed by atoms with Crippen molar-refractivity contribution in [2.45, 2.75) is 0 Å². The highest BCUT2D eigenvalue weighted by Crippen LogP contribution is 2.32. The molecule has 3 heterocycles. The van der Waals surface area contributed by atoms with Crippen LogP contribution in [0.5, 0.6) is 11.5 Å². The molecule has 1 N–H and O–H groups in total. The molecule has 8 nitrogen and oxygen atoms in total. The Morgan fingerprint density at radius 2 is 1.62 bits per heavy atom. The fourth-order valence-corrected chi connectivity index (χ4v) is 3.73. The minimum Gasteiger partial charge on any atom is -0.454 e. The van der Waals surface area contributed by atoms with Crippen LogP contribution in [0.4, 0.5) is 17.3 Å². The maximum Gasteiger partial charge on any atom is 0.248 e. The number of nitrogens with one attached hydrogen (secondary N) is 1. The summed E-state index contributed by atoms with van der Waals surface area (Å²) in [5.74, 6) is 1.81. The molecule has 8 heteroatoms. The molecule has 1 amide bonds. The van der Waals surface area contributed by atoms with E-state index in [0.29, 0.717) is 23.1 Å². The van der Waals surface area contributed by atoms with Gasteiger partial charge in [-0.05, 0) is 35.9 Å². The van der Waals surface area contributed by atoms with Crippen LogP contribution in [0.25, 0.3) is 6.08 Å². The molecule has 2 aliphatic heterocycles. The number of para-hydroxylation sites is 1. The quantitative estimate of drug-likeness (QED) is 0.624. The lowest BCUT2D eigenvalue weighted by molar-refractivity contribution is -0.111. The smallest absolute Gasteiger partial charge is 0.248 e. The van der Waals surface area contributed by atoms with Gasteiger partial charge in [-0.25, -0.2) is 9.97 Å². The minimum absolute atomic E-state index is 0.224. The highest BCUT2D eigenvalue weighted by molar-refractivity contribution is 6.01. The van der Waals surface area contributed by atoms with E-state index in [-0.39, 0.29) is 12.7 Å². The molecule has 162 valence electrons. The van der Waals surface area contributed by atoms with Crippen molar-refractivity contribution in [1.82, 2.24) is 9.97 Å². The van der Waals surface area contributed by atoms with Gasteiger partial charge in [0.1, 0.15) is 0 Å². The maximum atomic E-state index is 12.3. The summed E-state index contributed by atoms with van der Waals surface area (Å²) in [6.07, 6.45) is 6.46. The number of benzene rings is 2. The zero-order valence-corrected chi connectivity index (χ0v) is 17.5. The Balaban J connectivity index is 1.14. The topological polar surface area (TPSA) is 79.8 Å². The summed E-state index contributed by atoms with van der Waals surface area (Å²) in [5.41, 5.74) is 2.64. The monoisotopic (exact) mass is 429 g/mol. The molecular weight excluding hydrogens is 406 g/mol. The largest absolute Gasteiger partial charge is 0.454 e. The van der Waals surface area contributed by atoms with Crippen LogP contribution in [0.15, 0.2) is 67.0 Å². The Bertz CT molecular complexity index is 1110. The molecule has 0 saturated carbocycles. The molecule has 1 saturated heterocycles. The highest BCUT2D eigenvalue weighted by Gasteiger charge is 2.19. The Labute approximate surface area is 186 Å². The average Bonchev–Trinajstić information content (AvgIpc) is 3.32. The highest BCUT2D eigenvalue weighted by atomic mass is 16.7. The predicted octanol–water partition coefficient (Wildman–Crippen LogP) is 3.18. The Hall–Kier alpha value is -4.07. The van der Waals surface area contributed by atoms with Gasteiger partial charge in [0, 0.05) is 37.9 Å². The molecule has 0 aliphatic carbocycles. The number of ether oxygens (including phenoxy) is 2. The Morgan fingerprint density at radius 3 is 2.41 bits per heavy atom. The molecule has 0 radical (unpaired) electrons. The number of piperazine rings is 1. The van der Waals surface area contributed by atoms with Crippen molar-refractivity contribution in [1.29, 1.82) is 0 Å². The van der Waals surface area contributed by atoms with Crippen molar-refractivity contribution in [2.24, 2.45) is 0 Å². The summed E-state index contributed by atoms with van der Waals surface area (Å²) in [7, 11) is 0. The average molecular weight is 429 g/mol. The molecule has 0 bridgehead atoms. The Morgan fingerprint density at radius 1 is 0.906 bits per heavy atom. The summed E-state index contributed by atoms with van der Waals surface area (Å²) in [4.78, 5) is 25.6. The van der Waals surface area contributed by atoms with E-state index in [1.165, 1.54) is 11.8 Å². The SMILES string of the molecule is O=C(/C=C/c1ccc2c(c1)OCO2)Nc1cnc(N2CCN(c3ccccc3)CC2)nc1. The van der Waals surface area contributed by atoms with E-state index >= 15 is 0 Å². The number of carbonyl (C=O) groups excluding carboxylic acids is 1. The molecule has 0 atom stereocenters. The first kappa shape index (κ1) is 19.9. The molecule has 5 rings (SSSR count). The summed E-state index contributed by atoms with van der Waals surface area (Å²) in [6, 6.07) is 15.9. The van der Waals surface area contributed by atoms with Crippen molar-refractivity contribution < 1.29 is 14.3 Å². The second-order valence-electron chi connectivity index (χ2n) is 7.52. The van der Waals surface area contributed by atoms with Gasteiger partial charge in [0.15, 0.2) is 11.5 Å². The number of aromatic nitrogens is 2. The summed E-state index contributed by atoms with van der Waals surface area (Å²) < 4.78 is 10.6. The van der Waals surface area contributed by atoms with Gasteiger partial charge in [-0.2, -0.15) is 0 Å². The van der Waals surface area contributed by atoms with E-state index in [1.807, 2.05) is 24.3 Å². The van der Waals surface area contributed by atoms with E-state index in [0.717, 1.165) is 31.7 Å². The number of carbonyl (C=O) groups is 1. The van der Waals surface area contributed by atoms with Gasteiger partial charge in [0.2, 0.25) is 18.6 Å². The van der Waals surface area contributed by atoms with Gasteiger partial charge in [-0.3, -0.25) is 4.79 Å². The first-order chi connectivity index (χ1) is 15.7. The normalized spacial score (nSPS) is 15.2. The third-order valence-corrected chi connectivity index (χ3v) is 5.41. The number of amides is 1. The lowest BCUT2D eigenvalue weighted by Crippen LogP contribution is -2.47. The lowest BCUT2D eigenvalue weighted by Gasteiger charge is -2.36. The van der Waals surface area contributed by atoms with Crippen molar-refractivity contribution in [3.63, 3.8) is 0 Å². The third-order valence-electron chi connectivity index (χ3n) is 5.41. The van der Waals surface area contributed by atoms with Crippen LogP contribution in [-0.2, 0) is 4.79 Å². The van der Waals surface area contributed by atoms with Crippen LogP contribution in [0.3, 0.4) is 0 Å². The van der Waals surface area contributed by atoms with E-state index < -0.39 is 0 Å². The second kappa shape index (κ2) is 8.97. The number of fused-ring (bicyclic) bond motifs is 1. The van der Waals surface area contributed by atoms with Crippen LogP contribution < -0.4 is 24.6 Å². The van der Waals surface area contributed by atoms with Crippen molar-refractivity contribution in [2.75, 3.05) is 48.1 Å². The van der Waals surface area contributed by atoms with Crippen LogP contribution in [-0.4, -0.2) is 48.8 Å². The van der Waals surface area contributed by atoms with Gasteiger partial charge >= 0.3 is 0 Å². The minimum atomic E-state index is -0.254. The van der Waals surface area contributed by atoms with E-state index in [1.54, 1.807) is 18.5 Å². The van der Waals surface area contributed by atoms with Crippen LogP contribution in [0.2, 0.25) is 0 Å². The van der Waals surface area contributed by atoms with Gasteiger partial charge in [0.25, 0.3) is 0 Å². The maximum absolute atomic E-state index is 12.3. The molecule has 0 spiro atoms. The molecule has 32 heavy (non-hydrogen) atoms. The zero-order valence-electron chi connectivity index (χ0n) is 17.5. The van der Waals surface area contributed by atoms with E-state index in [9.17, 15) is 4.79 Å². The summed E-state index contributed by atoms with van der Waals surface area (Å²) in [5, 5.41) is 2.79. The van der Waals surface area contributed by atoms with E-state index in [4.69, 9.17) is 9.47 Å². The first-order valence-corrected chi connectivity index (χ1v) is 10.5. The van der Waals surface area contributed by atoms with Crippen molar-refractivity contribution in [3.05, 3.63) is 72.6 Å². The third kappa shape index (κ3) is 4.49. The number of hydrogen-bond acceptors (Lipinski definition) is 7. The second-order valence-corrected chi connectivity index (χ2v) is 7.52. The van der Waals surface area contributed by atoms with Crippen molar-refractivity contribution >= 4 is 29.3 Å². The molecule has 0 unspecified atom stereocenters. The van der Waals surface area contributed by atoms with Gasteiger partial charge < -0.3 is 24.6 Å². The molecular formula is C24H23N5O3. The van der Waals surface area contributed by atoms with Gasteiger partial charge in [-0.1, -0.05) is 24.3 Å². The standard InChI is InChI=1S/C24H23N5O3/c30-23(9-7-18-6-8-21-22(14-18)32-17-31-21)27-19-15-25-24(26-16-19)29-12-10-28(11-13-29)20-4-2-1-3-5-20/h1-9,14-16H,10-13,17H2,(H,27,30)/b9-7+. The number of hydrogen-bond donors (Lipinski definition) is 1. The molecule has 1 aromatic heterocycles. The number of nitrogens with zero attached hydrogens (tertiary/aromatic N) is 4. The van der Waals surface area contributed by atoms with Gasteiger partial charge in [0.05, 0.1) is 18.1 Å². The van der Waals surface area contributed by atoms with Crippen molar-refractivity contribution in [3.8, 4) is 11.5 Å². The fourth-order valence-electron chi connectivity index (χ4n) is 3.73. The Kier molecular flexibility index (Phi) is 5.57. The molecule has 1 fully saturated rings. The number of anilines is 3. The fraction of sp³-hybridized carbons (Fsp3) is 0.208. The van der Waals surface area contributed by atoms with Crippen LogP contribution >= 0.6 is 0 Å². The zero-order chi connectivity index (χ0) is 21.8. The van der Waals surface area contributed by atoms with Crippen LogP contribution in [0, 0.1) is 0 Å². The molecule has 2 aromatic carbocycles. The first-order valence-electron chi connectivity index (χ1n) is 10.5. The van der Waals surface area contributed by atoms with E-state index in [2.05, 4.69) is 49.4 Å². The summed E-state index contributed by atoms with van der Waals surface area (Å²) in [6.45, 7) is 3.74. The lowest BCUT2D eigenvalue weighted by atomic mass is 10.2. The number of rotatable bonds is 5. The van der Waals surface area contributed by atoms with Gasteiger partial charge in [-0.15, -0.1) is 0 Å². The molecule has 2 aliphatic rings. The summed E-state index contributed by atoms with van der Waals surface area (Å²) >= 11 is 0. The predicted molar refractivity (Wildman–Crippen MR) is 123 cm³/mol. The van der Waals surface area contributed by atoms with Crippen LogP contribution in [0.1, 0.15) is 5.56 Å². The molecule has 3 aromatic rings.